The molecule has 2 unspecified atom stereocenters. The lowest BCUT2D eigenvalue weighted by Gasteiger charge is -2.31. The smallest absolute Gasteiger partial charge is 0.0497 e. The summed E-state index contributed by atoms with van der Waals surface area (Å²) in [6.07, 6.45) is 4.71. The molecule has 0 fully saturated rings. The van der Waals surface area contributed by atoms with Gasteiger partial charge in [-0.15, -0.1) is 0 Å². The summed E-state index contributed by atoms with van der Waals surface area (Å²) in [5.41, 5.74) is 19.1. The van der Waals surface area contributed by atoms with E-state index < -0.39 is 0 Å². The van der Waals surface area contributed by atoms with Gasteiger partial charge in [-0.05, 0) is 117 Å². The van der Waals surface area contributed by atoms with Gasteiger partial charge in [-0.1, -0.05) is 148 Å². The molecule has 10 rings (SSSR count). The summed E-state index contributed by atoms with van der Waals surface area (Å²) in [5.74, 6) is 0.604. The number of para-hydroxylation sites is 2. The van der Waals surface area contributed by atoms with E-state index in [0.29, 0.717) is 11.8 Å². The van der Waals surface area contributed by atoms with Crippen molar-refractivity contribution in [2.45, 2.75) is 32.1 Å². The van der Waals surface area contributed by atoms with Crippen LogP contribution in [0.2, 0.25) is 0 Å². The van der Waals surface area contributed by atoms with Crippen molar-refractivity contribution < 1.29 is 0 Å². The van der Waals surface area contributed by atoms with Crippen molar-refractivity contribution in [2.24, 2.45) is 5.92 Å². The zero-order valence-corrected chi connectivity index (χ0v) is 30.9. The Hall–Kier alpha value is -6.38. The van der Waals surface area contributed by atoms with Crippen LogP contribution in [0.4, 0.5) is 28.4 Å². The van der Waals surface area contributed by atoms with Crippen LogP contribution in [0, 0.1) is 5.92 Å². The Morgan fingerprint density at radius 2 is 1.07 bits per heavy atom. The first-order chi connectivity index (χ1) is 26.5. The van der Waals surface area contributed by atoms with Crippen molar-refractivity contribution in [1.82, 2.24) is 0 Å². The van der Waals surface area contributed by atoms with E-state index in [1.807, 2.05) is 0 Å². The van der Waals surface area contributed by atoms with Gasteiger partial charge in [0.15, 0.2) is 0 Å². The fourth-order valence-electron chi connectivity index (χ4n) is 9.34. The molecule has 0 amide bonds. The van der Waals surface area contributed by atoms with Crippen LogP contribution < -0.4 is 9.80 Å². The van der Waals surface area contributed by atoms with Crippen molar-refractivity contribution in [3.63, 3.8) is 0 Å². The van der Waals surface area contributed by atoms with E-state index in [1.165, 1.54) is 67.2 Å². The van der Waals surface area contributed by atoms with Crippen LogP contribution in [0.25, 0.3) is 27.8 Å². The molecule has 0 radical (unpaired) electrons. The Balaban J connectivity index is 1.04. The van der Waals surface area contributed by atoms with Crippen LogP contribution in [-0.2, 0) is 5.41 Å². The molecule has 0 saturated carbocycles. The monoisotopic (exact) mass is 694 g/mol. The molecule has 0 bridgehead atoms. The van der Waals surface area contributed by atoms with Gasteiger partial charge in [-0.25, -0.2) is 0 Å². The fraction of sp³-hybridized carbons (Fsp3) is 0.115. The molecule has 2 aliphatic carbocycles. The van der Waals surface area contributed by atoms with Gasteiger partial charge in [-0.2, -0.15) is 0 Å². The number of benzene rings is 7. The molecule has 2 heteroatoms. The summed E-state index contributed by atoms with van der Waals surface area (Å²) in [4.78, 5) is 4.86. The largest absolute Gasteiger partial charge is 0.313 e. The number of nitrogens with zero attached hydrogens (tertiary/aromatic N) is 2. The lowest BCUT2D eigenvalue weighted by molar-refractivity contribution is 0.636. The van der Waals surface area contributed by atoms with E-state index in [4.69, 9.17) is 0 Å². The highest BCUT2D eigenvalue weighted by molar-refractivity contribution is 5.87. The van der Waals surface area contributed by atoms with Crippen LogP contribution in [-0.4, -0.2) is 0 Å². The molecule has 54 heavy (non-hydrogen) atoms. The molecular weight excluding hydrogens is 653 g/mol. The maximum absolute atomic E-state index is 2.45. The fourth-order valence-corrected chi connectivity index (χ4v) is 9.34. The highest BCUT2D eigenvalue weighted by atomic mass is 15.2. The van der Waals surface area contributed by atoms with Crippen LogP contribution >= 0.6 is 0 Å². The molecule has 260 valence electrons. The van der Waals surface area contributed by atoms with Gasteiger partial charge in [0, 0.05) is 45.5 Å². The second-order valence-electron chi connectivity index (χ2n) is 15.4. The Bertz CT molecular complexity index is 2580. The van der Waals surface area contributed by atoms with E-state index in [1.54, 1.807) is 0 Å². The quantitative estimate of drug-likeness (QED) is 0.171. The molecule has 0 spiro atoms. The zero-order chi connectivity index (χ0) is 36.4. The van der Waals surface area contributed by atoms with Gasteiger partial charge in [0.25, 0.3) is 0 Å². The molecule has 7 aromatic carbocycles. The lowest BCUT2D eigenvalue weighted by Crippen LogP contribution is -2.20. The predicted molar refractivity (Wildman–Crippen MR) is 227 cm³/mol. The summed E-state index contributed by atoms with van der Waals surface area (Å²) >= 11 is 0. The Morgan fingerprint density at radius 1 is 0.500 bits per heavy atom. The number of anilines is 5. The molecule has 1 aliphatic heterocycles. The maximum atomic E-state index is 2.45. The van der Waals surface area contributed by atoms with Crippen LogP contribution in [0.5, 0.6) is 0 Å². The average molecular weight is 695 g/mol. The second kappa shape index (κ2) is 12.6. The van der Waals surface area contributed by atoms with Crippen molar-refractivity contribution in [2.75, 3.05) is 9.80 Å². The van der Waals surface area contributed by atoms with Crippen molar-refractivity contribution in [1.29, 1.82) is 0 Å². The van der Waals surface area contributed by atoms with Gasteiger partial charge in [-0.3, -0.25) is 0 Å². The molecule has 0 saturated heterocycles. The summed E-state index contributed by atoms with van der Waals surface area (Å²) in [7, 11) is 0. The van der Waals surface area contributed by atoms with Crippen LogP contribution in [0.3, 0.4) is 0 Å². The Kier molecular flexibility index (Phi) is 7.56. The van der Waals surface area contributed by atoms with E-state index in [2.05, 4.69) is 219 Å². The Labute approximate surface area is 319 Å². The standard InChI is InChI=1S/C52H42N2/c1-35-43(32-33-50-51(35)46-19-11-13-21-49(46)54(50)39-16-8-5-9-17-39)38-24-28-41(29-25-38)53(40-26-22-37(23-27-40)36-14-6-4-7-15-36)42-30-31-45-44-18-10-12-20-47(44)52(2,3)48(45)34-42/h4-35,51H,1-3H3. The van der Waals surface area contributed by atoms with Crippen molar-refractivity contribution in [3.8, 4) is 22.3 Å². The minimum atomic E-state index is -0.0838. The normalized spacial score (nSPS) is 17.5. The lowest BCUT2D eigenvalue weighted by atomic mass is 9.76. The van der Waals surface area contributed by atoms with Gasteiger partial charge < -0.3 is 9.80 Å². The first kappa shape index (κ1) is 32.3. The number of rotatable bonds is 6. The molecule has 0 aromatic heterocycles. The van der Waals surface area contributed by atoms with Gasteiger partial charge in [0.05, 0.1) is 0 Å². The third kappa shape index (κ3) is 5.09. The van der Waals surface area contributed by atoms with Crippen LogP contribution in [0.15, 0.2) is 194 Å². The van der Waals surface area contributed by atoms with Crippen molar-refractivity contribution in [3.05, 3.63) is 216 Å². The first-order valence-electron chi connectivity index (χ1n) is 19.1. The first-order valence-corrected chi connectivity index (χ1v) is 19.1. The SMILES string of the molecule is CC1C(c2ccc(N(c3ccc(-c4ccccc4)cc3)c3ccc4c(c3)C(C)(C)c3ccccc3-4)cc2)=CC=C2C1c1ccccc1N2c1ccccc1. The molecular formula is C52H42N2. The van der Waals surface area contributed by atoms with E-state index in [0.717, 1.165) is 17.1 Å². The highest BCUT2D eigenvalue weighted by Gasteiger charge is 2.40. The number of hydrogen-bond donors (Lipinski definition) is 0. The van der Waals surface area contributed by atoms with Crippen LogP contribution in [0.1, 0.15) is 48.9 Å². The second-order valence-corrected chi connectivity index (χ2v) is 15.4. The minimum absolute atomic E-state index is 0.0838. The molecule has 0 N–H and O–H groups in total. The molecule has 3 aliphatic rings. The van der Waals surface area contributed by atoms with Gasteiger partial charge >= 0.3 is 0 Å². The zero-order valence-electron chi connectivity index (χ0n) is 30.9. The number of allylic oxidation sites excluding steroid dienone is 4. The predicted octanol–water partition coefficient (Wildman–Crippen LogP) is 14.0. The van der Waals surface area contributed by atoms with Gasteiger partial charge in [0.2, 0.25) is 0 Å². The van der Waals surface area contributed by atoms with Gasteiger partial charge in [0.1, 0.15) is 0 Å². The van der Waals surface area contributed by atoms with E-state index >= 15 is 0 Å². The third-order valence-corrected chi connectivity index (χ3v) is 12.0. The Morgan fingerprint density at radius 3 is 1.81 bits per heavy atom. The molecule has 2 atom stereocenters. The summed E-state index contributed by atoms with van der Waals surface area (Å²) < 4.78 is 0. The molecule has 7 aromatic rings. The molecule has 1 heterocycles. The summed E-state index contributed by atoms with van der Waals surface area (Å²) in [6.45, 7) is 7.11. The van der Waals surface area contributed by atoms with E-state index in [-0.39, 0.29) is 5.41 Å². The van der Waals surface area contributed by atoms with E-state index in [9.17, 15) is 0 Å². The third-order valence-electron chi connectivity index (χ3n) is 12.0. The minimum Gasteiger partial charge on any atom is -0.313 e. The number of fused-ring (bicyclic) bond motifs is 6. The van der Waals surface area contributed by atoms with Crippen molar-refractivity contribution >= 4 is 34.0 Å². The highest BCUT2D eigenvalue weighted by Crippen LogP contribution is 2.55. The maximum Gasteiger partial charge on any atom is 0.0497 e. The number of hydrogen-bond acceptors (Lipinski definition) is 2. The topological polar surface area (TPSA) is 6.48 Å². The molecule has 2 nitrogen and oxygen atoms in total. The average Bonchev–Trinajstić information content (AvgIpc) is 3.68. The summed E-state index contributed by atoms with van der Waals surface area (Å²) in [5, 5.41) is 0. The summed E-state index contributed by atoms with van der Waals surface area (Å²) in [6, 6.07) is 64.5.